The van der Waals surface area contributed by atoms with Crippen LogP contribution in [-0.4, -0.2) is 27.1 Å². The highest BCUT2D eigenvalue weighted by molar-refractivity contribution is 5.89. The van der Waals surface area contributed by atoms with Crippen molar-refractivity contribution >= 4 is 22.9 Å². The van der Waals surface area contributed by atoms with Gasteiger partial charge in [0.25, 0.3) is 0 Å². The number of benzene rings is 2. The minimum Gasteiger partial charge on any atom is -0.337 e. The normalized spacial score (nSPS) is 10.9. The zero-order chi connectivity index (χ0) is 21.1. The van der Waals surface area contributed by atoms with Crippen LogP contribution in [0.15, 0.2) is 60.8 Å². The van der Waals surface area contributed by atoms with Gasteiger partial charge in [-0.1, -0.05) is 0 Å². The number of fused-ring (bicyclic) bond motifs is 1. The molecule has 2 N–H and O–H groups in total. The summed E-state index contributed by atoms with van der Waals surface area (Å²) in [6, 6.07) is 11.7. The van der Waals surface area contributed by atoms with Crippen LogP contribution < -0.4 is 10.6 Å². The van der Waals surface area contributed by atoms with Crippen LogP contribution in [-0.2, 0) is 6.42 Å². The number of carbonyl (C=O) groups is 1. The number of nitrogens with zero attached hydrogens (tertiary/aromatic N) is 3. The van der Waals surface area contributed by atoms with Gasteiger partial charge in [0.05, 0.1) is 5.69 Å². The number of hydrogen-bond donors (Lipinski definition) is 2. The van der Waals surface area contributed by atoms with Gasteiger partial charge in [0.15, 0.2) is 5.65 Å². The summed E-state index contributed by atoms with van der Waals surface area (Å²) < 4.78 is 41.7. The van der Waals surface area contributed by atoms with Crippen molar-refractivity contribution in [3.05, 3.63) is 84.1 Å². The maximum absolute atomic E-state index is 13.7. The Bertz CT molecular complexity index is 1210. The van der Waals surface area contributed by atoms with Crippen molar-refractivity contribution in [3.8, 4) is 5.69 Å². The van der Waals surface area contributed by atoms with Crippen molar-refractivity contribution in [2.45, 2.75) is 6.42 Å². The lowest BCUT2D eigenvalue weighted by Gasteiger charge is -2.10. The second-order valence-electron chi connectivity index (χ2n) is 6.44. The van der Waals surface area contributed by atoms with E-state index in [4.69, 9.17) is 0 Å². The summed E-state index contributed by atoms with van der Waals surface area (Å²) in [4.78, 5) is 20.9. The molecular weight excluding hydrogens is 395 g/mol. The van der Waals surface area contributed by atoms with Crippen molar-refractivity contribution in [3.63, 3.8) is 0 Å². The lowest BCUT2D eigenvalue weighted by molar-refractivity contribution is 0.252. The fraction of sp³-hybridized carbons (Fsp3) is 0.0952. The maximum Gasteiger partial charge on any atom is 0.319 e. The quantitative estimate of drug-likeness (QED) is 0.517. The number of anilines is 1. The molecule has 0 unspecified atom stereocenters. The van der Waals surface area contributed by atoms with Gasteiger partial charge >= 0.3 is 6.03 Å². The highest BCUT2D eigenvalue weighted by atomic mass is 19.1. The summed E-state index contributed by atoms with van der Waals surface area (Å²) in [6.45, 7) is 0.194. The molecule has 6 nitrogen and oxygen atoms in total. The van der Waals surface area contributed by atoms with Crippen molar-refractivity contribution < 1.29 is 18.0 Å². The van der Waals surface area contributed by atoms with E-state index in [1.54, 1.807) is 29.0 Å². The Morgan fingerprint density at radius 3 is 2.53 bits per heavy atom. The van der Waals surface area contributed by atoms with E-state index >= 15 is 0 Å². The van der Waals surface area contributed by atoms with Crippen LogP contribution in [0.5, 0.6) is 0 Å². The van der Waals surface area contributed by atoms with Gasteiger partial charge in [0.2, 0.25) is 0 Å². The second kappa shape index (κ2) is 8.24. The molecule has 0 aliphatic carbocycles. The molecule has 0 spiro atoms. The highest BCUT2D eigenvalue weighted by Crippen LogP contribution is 2.20. The Labute approximate surface area is 169 Å². The van der Waals surface area contributed by atoms with Gasteiger partial charge in [-0.05, 0) is 48.5 Å². The topological polar surface area (TPSA) is 71.8 Å². The number of urea groups is 1. The van der Waals surface area contributed by atoms with Crippen LogP contribution >= 0.6 is 0 Å². The van der Waals surface area contributed by atoms with Crippen molar-refractivity contribution in [2.24, 2.45) is 0 Å². The van der Waals surface area contributed by atoms with E-state index in [0.29, 0.717) is 35.2 Å². The van der Waals surface area contributed by atoms with Crippen LogP contribution in [0.1, 0.15) is 5.82 Å². The molecule has 4 rings (SSSR count). The molecule has 0 aliphatic heterocycles. The monoisotopic (exact) mass is 411 g/mol. The van der Waals surface area contributed by atoms with E-state index in [9.17, 15) is 18.0 Å². The van der Waals surface area contributed by atoms with E-state index < -0.39 is 17.7 Å². The van der Waals surface area contributed by atoms with E-state index in [1.165, 1.54) is 12.1 Å². The van der Waals surface area contributed by atoms with Gasteiger partial charge in [-0.15, -0.1) is 0 Å². The first kappa shape index (κ1) is 19.4. The van der Waals surface area contributed by atoms with Gasteiger partial charge in [0, 0.05) is 30.9 Å². The third kappa shape index (κ3) is 4.09. The predicted octanol–water partition coefficient (Wildman–Crippen LogP) is 4.20. The molecule has 0 bridgehead atoms. The zero-order valence-electron chi connectivity index (χ0n) is 15.6. The minimum atomic E-state index is -0.866. The molecule has 0 atom stereocenters. The number of pyridine rings is 1. The molecule has 0 saturated carbocycles. The number of amides is 2. The Kier molecular flexibility index (Phi) is 5.34. The molecule has 0 fully saturated rings. The Hall–Kier alpha value is -3.88. The van der Waals surface area contributed by atoms with Gasteiger partial charge in [-0.25, -0.2) is 27.9 Å². The highest BCUT2D eigenvalue weighted by Gasteiger charge is 2.14. The Morgan fingerprint density at radius 1 is 1.00 bits per heavy atom. The van der Waals surface area contributed by atoms with E-state index in [1.807, 2.05) is 6.07 Å². The SMILES string of the molecule is O=C(NCCc1nc2cccnc2n1-c1ccc(F)cc1)Nc1ccc(F)cc1F. The van der Waals surface area contributed by atoms with Crippen molar-refractivity contribution in [1.82, 2.24) is 19.9 Å². The Morgan fingerprint density at radius 2 is 1.77 bits per heavy atom. The summed E-state index contributed by atoms with van der Waals surface area (Å²) in [6.07, 6.45) is 1.98. The number of nitrogens with one attached hydrogen (secondary N) is 2. The fourth-order valence-corrected chi connectivity index (χ4v) is 3.03. The third-order valence-corrected chi connectivity index (χ3v) is 4.38. The maximum atomic E-state index is 13.7. The first-order valence-corrected chi connectivity index (χ1v) is 9.09. The van der Waals surface area contributed by atoms with E-state index in [-0.39, 0.29) is 18.0 Å². The van der Waals surface area contributed by atoms with Gasteiger partial charge in [0.1, 0.15) is 28.8 Å². The molecule has 30 heavy (non-hydrogen) atoms. The molecule has 0 radical (unpaired) electrons. The molecule has 2 heterocycles. The number of rotatable bonds is 5. The van der Waals surface area contributed by atoms with Gasteiger partial charge in [-0.3, -0.25) is 4.57 Å². The van der Waals surface area contributed by atoms with Crippen LogP contribution in [0.25, 0.3) is 16.9 Å². The average Bonchev–Trinajstić information content (AvgIpc) is 3.09. The van der Waals surface area contributed by atoms with Crippen LogP contribution in [0, 0.1) is 17.5 Å². The Balaban J connectivity index is 1.49. The molecule has 0 aliphatic rings. The summed E-state index contributed by atoms with van der Waals surface area (Å²) in [5.41, 5.74) is 1.83. The van der Waals surface area contributed by atoms with Gasteiger partial charge in [-0.2, -0.15) is 0 Å². The average molecular weight is 411 g/mol. The first-order chi connectivity index (χ1) is 14.5. The number of imidazole rings is 1. The molecule has 152 valence electrons. The van der Waals surface area contributed by atoms with Crippen molar-refractivity contribution in [2.75, 3.05) is 11.9 Å². The van der Waals surface area contributed by atoms with E-state index in [0.717, 1.165) is 12.1 Å². The summed E-state index contributed by atoms with van der Waals surface area (Å²) in [5, 5.41) is 4.94. The van der Waals surface area contributed by atoms with Crippen LogP contribution in [0.2, 0.25) is 0 Å². The largest absolute Gasteiger partial charge is 0.337 e. The minimum absolute atomic E-state index is 0.128. The summed E-state index contributed by atoms with van der Waals surface area (Å²) in [5.74, 6) is -1.34. The zero-order valence-corrected chi connectivity index (χ0v) is 15.6. The molecule has 0 saturated heterocycles. The standard InChI is InChI=1S/C21H16F3N5O/c22-13-3-6-15(7-4-13)29-19(27-18-2-1-10-25-20(18)29)9-11-26-21(30)28-17-8-5-14(23)12-16(17)24/h1-8,10,12H,9,11H2,(H2,26,28,30). The summed E-state index contributed by atoms with van der Waals surface area (Å²) in [7, 11) is 0. The molecule has 2 aromatic heterocycles. The number of aromatic nitrogens is 3. The second-order valence-corrected chi connectivity index (χ2v) is 6.44. The smallest absolute Gasteiger partial charge is 0.319 e. The van der Waals surface area contributed by atoms with E-state index in [2.05, 4.69) is 20.6 Å². The lowest BCUT2D eigenvalue weighted by atomic mass is 10.3. The van der Waals surface area contributed by atoms with Crippen LogP contribution in [0.4, 0.5) is 23.7 Å². The summed E-state index contributed by atoms with van der Waals surface area (Å²) >= 11 is 0. The third-order valence-electron chi connectivity index (χ3n) is 4.38. The van der Waals surface area contributed by atoms with Crippen LogP contribution in [0.3, 0.4) is 0 Å². The predicted molar refractivity (Wildman–Crippen MR) is 106 cm³/mol. The molecular formula is C21H16F3N5O. The molecule has 2 amide bonds. The molecule has 2 aromatic carbocycles. The molecule has 9 heteroatoms. The fourth-order valence-electron chi connectivity index (χ4n) is 3.03. The van der Waals surface area contributed by atoms with Crippen molar-refractivity contribution in [1.29, 1.82) is 0 Å². The number of hydrogen-bond acceptors (Lipinski definition) is 3. The van der Waals surface area contributed by atoms with Gasteiger partial charge < -0.3 is 10.6 Å². The number of halogens is 3. The molecule has 4 aromatic rings. The number of carbonyl (C=O) groups excluding carboxylic acids is 1. The first-order valence-electron chi connectivity index (χ1n) is 9.09. The lowest BCUT2D eigenvalue weighted by Crippen LogP contribution is -2.31.